The molecule has 2 aromatic rings. The molecule has 1 aliphatic heterocycles. The molecule has 22 heavy (non-hydrogen) atoms. The molecule has 0 aromatic heterocycles. The first-order valence-corrected chi connectivity index (χ1v) is 7.46. The molecule has 0 saturated carbocycles. The average Bonchev–Trinajstić information content (AvgIpc) is 2.79. The summed E-state index contributed by atoms with van der Waals surface area (Å²) >= 11 is 6.22. The van der Waals surface area contributed by atoms with Crippen LogP contribution in [0.1, 0.15) is 24.1 Å². The Morgan fingerprint density at radius 3 is 2.18 bits per heavy atom. The van der Waals surface area contributed by atoms with E-state index in [1.807, 2.05) is 55.5 Å². The molecule has 0 radical (unpaired) electrons. The lowest BCUT2D eigenvalue weighted by Gasteiger charge is -2.39. The average molecular weight is 314 g/mol. The number of rotatable bonds is 3. The van der Waals surface area contributed by atoms with Gasteiger partial charge in [0, 0.05) is 11.6 Å². The predicted octanol–water partition coefficient (Wildman–Crippen LogP) is 3.56. The van der Waals surface area contributed by atoms with Crippen molar-refractivity contribution in [3.05, 3.63) is 82.9 Å². The topological polar surface area (TPSA) is 40.5 Å². The van der Waals surface area contributed by atoms with Crippen LogP contribution in [0.15, 0.2) is 71.8 Å². The third-order valence-corrected chi connectivity index (χ3v) is 4.39. The molecule has 1 amide bonds. The van der Waals surface area contributed by atoms with Crippen LogP contribution in [0.2, 0.25) is 0 Å². The number of aliphatic hydroxyl groups is 1. The zero-order valence-electron chi connectivity index (χ0n) is 12.1. The summed E-state index contributed by atoms with van der Waals surface area (Å²) in [7, 11) is 0. The van der Waals surface area contributed by atoms with E-state index in [-0.39, 0.29) is 17.0 Å². The lowest BCUT2D eigenvalue weighted by Crippen LogP contribution is -2.46. The van der Waals surface area contributed by atoms with Crippen LogP contribution in [0, 0.1) is 0 Å². The van der Waals surface area contributed by atoms with Crippen molar-refractivity contribution in [2.24, 2.45) is 0 Å². The summed E-state index contributed by atoms with van der Waals surface area (Å²) in [6.07, 6.45) is 1.29. The third-order valence-electron chi connectivity index (χ3n) is 4.01. The van der Waals surface area contributed by atoms with E-state index in [9.17, 15) is 9.90 Å². The predicted molar refractivity (Wildman–Crippen MR) is 86.0 cm³/mol. The second kappa shape index (κ2) is 5.59. The summed E-state index contributed by atoms with van der Waals surface area (Å²) in [5.74, 6) is -0.298. The molecule has 0 spiro atoms. The SMILES string of the molecule is C[C@H](c1ccccc1)N1C(=O)C=C(Cl)C1(O)c1ccccc1. The van der Waals surface area contributed by atoms with E-state index >= 15 is 0 Å². The Labute approximate surface area is 134 Å². The summed E-state index contributed by atoms with van der Waals surface area (Å²) in [6, 6.07) is 18.3. The van der Waals surface area contributed by atoms with Crippen molar-refractivity contribution in [1.29, 1.82) is 0 Å². The number of carbonyl (C=O) groups excluding carboxylic acids is 1. The first-order valence-electron chi connectivity index (χ1n) is 7.09. The maximum Gasteiger partial charge on any atom is 0.251 e. The summed E-state index contributed by atoms with van der Waals surface area (Å²) in [5.41, 5.74) is -0.121. The molecular weight excluding hydrogens is 298 g/mol. The van der Waals surface area contributed by atoms with Gasteiger partial charge in [-0.05, 0) is 12.5 Å². The number of hydrogen-bond acceptors (Lipinski definition) is 2. The summed E-state index contributed by atoms with van der Waals surface area (Å²) in [4.78, 5) is 13.8. The first kappa shape index (κ1) is 14.8. The molecule has 1 heterocycles. The van der Waals surface area contributed by atoms with Gasteiger partial charge in [-0.25, -0.2) is 0 Å². The number of benzene rings is 2. The van der Waals surface area contributed by atoms with Crippen LogP contribution in [0.4, 0.5) is 0 Å². The van der Waals surface area contributed by atoms with E-state index in [0.717, 1.165) is 5.56 Å². The molecule has 112 valence electrons. The summed E-state index contributed by atoms with van der Waals surface area (Å²) in [6.45, 7) is 1.88. The highest BCUT2D eigenvalue weighted by Gasteiger charge is 2.49. The molecule has 2 aromatic carbocycles. The first-order chi connectivity index (χ1) is 10.5. The zero-order chi connectivity index (χ0) is 15.7. The number of hydrogen-bond donors (Lipinski definition) is 1. The minimum absolute atomic E-state index is 0.117. The van der Waals surface area contributed by atoms with Crippen LogP contribution >= 0.6 is 11.6 Å². The summed E-state index contributed by atoms with van der Waals surface area (Å²) in [5, 5.41) is 11.3. The minimum Gasteiger partial charge on any atom is -0.362 e. The van der Waals surface area contributed by atoms with E-state index in [1.165, 1.54) is 11.0 Å². The fourth-order valence-electron chi connectivity index (χ4n) is 2.85. The molecule has 3 rings (SSSR count). The van der Waals surface area contributed by atoms with Crippen molar-refractivity contribution in [2.75, 3.05) is 0 Å². The van der Waals surface area contributed by atoms with E-state index in [4.69, 9.17) is 11.6 Å². The molecule has 1 unspecified atom stereocenters. The Kier molecular flexibility index (Phi) is 3.77. The van der Waals surface area contributed by atoms with E-state index in [0.29, 0.717) is 5.56 Å². The normalized spacial score (nSPS) is 22.6. The molecule has 4 heteroatoms. The maximum atomic E-state index is 12.4. The Morgan fingerprint density at radius 2 is 1.59 bits per heavy atom. The standard InChI is InChI=1S/C18H16ClNO2/c1-13(14-8-4-2-5-9-14)20-17(21)12-16(19)18(20,22)15-10-6-3-7-11-15/h2-13,22H,1H3/t13-,18?/m1/s1. The van der Waals surface area contributed by atoms with Crippen LogP contribution in [0.5, 0.6) is 0 Å². The van der Waals surface area contributed by atoms with Gasteiger partial charge in [0.05, 0.1) is 11.1 Å². The molecule has 1 N–H and O–H groups in total. The lowest BCUT2D eigenvalue weighted by molar-refractivity contribution is -0.149. The van der Waals surface area contributed by atoms with Gasteiger partial charge < -0.3 is 5.11 Å². The van der Waals surface area contributed by atoms with Gasteiger partial charge in [0.15, 0.2) is 0 Å². The van der Waals surface area contributed by atoms with E-state index in [1.54, 1.807) is 12.1 Å². The fourth-order valence-corrected chi connectivity index (χ4v) is 3.15. The van der Waals surface area contributed by atoms with Crippen LogP contribution in [0.25, 0.3) is 0 Å². The van der Waals surface area contributed by atoms with E-state index in [2.05, 4.69) is 0 Å². The van der Waals surface area contributed by atoms with Crippen molar-refractivity contribution >= 4 is 17.5 Å². The highest BCUT2D eigenvalue weighted by molar-refractivity contribution is 6.33. The lowest BCUT2D eigenvalue weighted by atomic mass is 9.98. The minimum atomic E-state index is -1.63. The number of carbonyl (C=O) groups is 1. The van der Waals surface area contributed by atoms with Crippen LogP contribution in [-0.4, -0.2) is 15.9 Å². The van der Waals surface area contributed by atoms with Crippen molar-refractivity contribution in [3.63, 3.8) is 0 Å². The molecular formula is C18H16ClNO2. The number of amides is 1. The maximum absolute atomic E-state index is 12.4. The van der Waals surface area contributed by atoms with E-state index < -0.39 is 5.72 Å². The molecule has 0 aliphatic carbocycles. The smallest absolute Gasteiger partial charge is 0.251 e. The molecule has 0 bridgehead atoms. The Bertz CT molecular complexity index is 714. The Balaban J connectivity index is 2.08. The second-order valence-electron chi connectivity index (χ2n) is 5.33. The Morgan fingerprint density at radius 1 is 1.05 bits per heavy atom. The number of nitrogens with zero attached hydrogens (tertiary/aromatic N) is 1. The van der Waals surface area contributed by atoms with Gasteiger partial charge in [-0.3, -0.25) is 9.69 Å². The quantitative estimate of drug-likeness (QED) is 0.941. The third kappa shape index (κ3) is 2.23. The van der Waals surface area contributed by atoms with Gasteiger partial charge in [-0.2, -0.15) is 0 Å². The second-order valence-corrected chi connectivity index (χ2v) is 5.73. The van der Waals surface area contributed by atoms with Gasteiger partial charge in [-0.1, -0.05) is 72.3 Å². The van der Waals surface area contributed by atoms with Gasteiger partial charge in [0.2, 0.25) is 5.72 Å². The molecule has 0 fully saturated rings. The van der Waals surface area contributed by atoms with Crippen molar-refractivity contribution < 1.29 is 9.90 Å². The van der Waals surface area contributed by atoms with Crippen LogP contribution in [-0.2, 0) is 10.5 Å². The van der Waals surface area contributed by atoms with Crippen molar-refractivity contribution in [3.8, 4) is 0 Å². The molecule has 3 nitrogen and oxygen atoms in total. The van der Waals surface area contributed by atoms with Crippen LogP contribution < -0.4 is 0 Å². The molecule has 2 atom stereocenters. The molecule has 0 saturated heterocycles. The highest BCUT2D eigenvalue weighted by Crippen LogP contribution is 2.44. The van der Waals surface area contributed by atoms with Gasteiger partial charge in [-0.15, -0.1) is 0 Å². The monoisotopic (exact) mass is 313 g/mol. The zero-order valence-corrected chi connectivity index (χ0v) is 12.9. The number of halogens is 1. The van der Waals surface area contributed by atoms with Gasteiger partial charge >= 0.3 is 0 Å². The summed E-state index contributed by atoms with van der Waals surface area (Å²) < 4.78 is 0. The largest absolute Gasteiger partial charge is 0.362 e. The van der Waals surface area contributed by atoms with Gasteiger partial charge in [0.25, 0.3) is 5.91 Å². The van der Waals surface area contributed by atoms with Crippen molar-refractivity contribution in [1.82, 2.24) is 4.90 Å². The highest BCUT2D eigenvalue weighted by atomic mass is 35.5. The van der Waals surface area contributed by atoms with Crippen LogP contribution in [0.3, 0.4) is 0 Å². The fraction of sp³-hybridized carbons (Fsp3) is 0.167. The molecule has 1 aliphatic rings. The Hall–Kier alpha value is -2.10. The van der Waals surface area contributed by atoms with Crippen molar-refractivity contribution in [2.45, 2.75) is 18.7 Å². The van der Waals surface area contributed by atoms with Gasteiger partial charge in [0.1, 0.15) is 0 Å².